The Hall–Kier alpha value is -3.76. The normalized spacial score (nSPS) is 11.7. The van der Waals surface area contributed by atoms with Crippen LogP contribution < -0.4 is 16.0 Å². The van der Waals surface area contributed by atoms with Crippen molar-refractivity contribution < 1.29 is 58.8 Å². The van der Waals surface area contributed by atoms with Crippen molar-refractivity contribution in [2.24, 2.45) is 0 Å². The number of carboxylic acids is 4. The first-order valence-electron chi connectivity index (χ1n) is 12.5. The van der Waals surface area contributed by atoms with Gasteiger partial charge in [-0.1, -0.05) is 14.9 Å². The topological polar surface area (TPSA) is 257 Å². The van der Waals surface area contributed by atoms with Crippen molar-refractivity contribution in [3.8, 4) is 0 Å². The summed E-state index contributed by atoms with van der Waals surface area (Å²) in [5.74, 6) is -4.69. The zero-order valence-electron chi connectivity index (χ0n) is 24.4. The lowest BCUT2D eigenvalue weighted by Gasteiger charge is -2.18. The van der Waals surface area contributed by atoms with Crippen molar-refractivity contribution >= 4 is 47.1 Å². The number of hydrogen-bond donors (Lipinski definition) is 7. The third-order valence-corrected chi connectivity index (χ3v) is 4.84. The van der Waals surface area contributed by atoms with Crippen LogP contribution in [-0.4, -0.2) is 125 Å². The van der Waals surface area contributed by atoms with Crippen LogP contribution in [0.3, 0.4) is 0 Å². The quantitative estimate of drug-likeness (QED) is 0.102. The van der Waals surface area contributed by atoms with Crippen LogP contribution in [0.1, 0.15) is 74.1 Å². The van der Waals surface area contributed by atoms with Gasteiger partial charge in [0.2, 0.25) is 5.91 Å². The van der Waals surface area contributed by atoms with Crippen molar-refractivity contribution in [3.63, 3.8) is 0 Å². The number of carbonyl (C=O) groups excluding carboxylic acids is 4. The molecule has 0 bridgehead atoms. The number of nitrogens with one attached hydrogen (secondary N) is 3. The van der Waals surface area contributed by atoms with Gasteiger partial charge in [0.05, 0.1) is 32.4 Å². The Bertz CT molecular complexity index is 847. The van der Waals surface area contributed by atoms with Crippen molar-refractivity contribution in [3.05, 3.63) is 0 Å². The molecule has 16 nitrogen and oxygen atoms in total. The van der Waals surface area contributed by atoms with Crippen LogP contribution in [0.4, 0.5) is 0 Å². The SMILES string of the molecule is C.C.CC(=O)CN(C)CC(=O)O.CNC(CC(=O)O)CC(=O)NC(CC(C)=O)CC(=O)O.CNC(CC(C)=O)CC(=O)O. The zero-order valence-corrected chi connectivity index (χ0v) is 24.4. The lowest BCUT2D eigenvalue weighted by Crippen LogP contribution is -2.41. The highest BCUT2D eigenvalue weighted by molar-refractivity contribution is 5.82. The summed E-state index contributed by atoms with van der Waals surface area (Å²) in [4.78, 5) is 86.6. The molecule has 16 heteroatoms. The van der Waals surface area contributed by atoms with Gasteiger partial charge < -0.3 is 36.4 Å². The van der Waals surface area contributed by atoms with Crippen molar-refractivity contribution in [2.45, 2.75) is 92.3 Å². The van der Waals surface area contributed by atoms with E-state index < -0.39 is 41.9 Å². The van der Waals surface area contributed by atoms with E-state index in [2.05, 4.69) is 16.0 Å². The third kappa shape index (κ3) is 38.2. The maximum absolute atomic E-state index is 11.7. The van der Waals surface area contributed by atoms with E-state index in [0.29, 0.717) is 0 Å². The summed E-state index contributed by atoms with van der Waals surface area (Å²) < 4.78 is 0. The van der Waals surface area contributed by atoms with Gasteiger partial charge in [0, 0.05) is 37.4 Å². The fraction of sp³-hybridized carbons (Fsp3) is 0.704. The molecular formula is C27H52N4O12. The monoisotopic (exact) mass is 624 g/mol. The first kappa shape index (κ1) is 48.9. The van der Waals surface area contributed by atoms with Gasteiger partial charge in [0.25, 0.3) is 0 Å². The van der Waals surface area contributed by atoms with Gasteiger partial charge in [-0.05, 0) is 41.9 Å². The average molecular weight is 625 g/mol. The van der Waals surface area contributed by atoms with Gasteiger partial charge in [-0.3, -0.25) is 43.3 Å². The highest BCUT2D eigenvalue weighted by Gasteiger charge is 2.21. The van der Waals surface area contributed by atoms with Crippen LogP contribution >= 0.6 is 0 Å². The summed E-state index contributed by atoms with van der Waals surface area (Å²) in [5.41, 5.74) is 0. The van der Waals surface area contributed by atoms with E-state index in [-0.39, 0.29) is 89.9 Å². The number of aliphatic carboxylic acids is 4. The van der Waals surface area contributed by atoms with E-state index in [1.807, 2.05) is 0 Å². The Balaban J connectivity index is -0.000000179. The number of carboxylic acid groups (broad SMARTS) is 4. The highest BCUT2D eigenvalue weighted by Crippen LogP contribution is 2.03. The molecule has 7 N–H and O–H groups in total. The van der Waals surface area contributed by atoms with Crippen LogP contribution in [0, 0.1) is 0 Å². The maximum Gasteiger partial charge on any atom is 0.317 e. The molecule has 0 saturated carbocycles. The largest absolute Gasteiger partial charge is 0.481 e. The first-order chi connectivity index (χ1) is 18.8. The van der Waals surface area contributed by atoms with Crippen LogP contribution in [0.2, 0.25) is 0 Å². The molecule has 0 aliphatic carbocycles. The van der Waals surface area contributed by atoms with E-state index in [1.165, 1.54) is 32.7 Å². The second kappa shape index (κ2) is 28.4. The van der Waals surface area contributed by atoms with E-state index >= 15 is 0 Å². The molecule has 43 heavy (non-hydrogen) atoms. The molecule has 0 radical (unpaired) electrons. The van der Waals surface area contributed by atoms with Gasteiger partial charge in [-0.2, -0.15) is 0 Å². The maximum atomic E-state index is 11.7. The van der Waals surface area contributed by atoms with Crippen molar-refractivity contribution in [2.75, 3.05) is 34.2 Å². The number of ketones is 3. The molecule has 0 aliphatic heterocycles. The Kier molecular flexibility index (Phi) is 32.3. The summed E-state index contributed by atoms with van der Waals surface area (Å²) in [6.07, 6.45) is -0.467. The average Bonchev–Trinajstić information content (AvgIpc) is 2.75. The third-order valence-electron chi connectivity index (χ3n) is 4.84. The van der Waals surface area contributed by atoms with Crippen molar-refractivity contribution in [1.82, 2.24) is 20.9 Å². The van der Waals surface area contributed by atoms with Crippen molar-refractivity contribution in [1.29, 1.82) is 0 Å². The molecule has 0 aliphatic rings. The minimum atomic E-state index is -1.12. The van der Waals surface area contributed by atoms with Gasteiger partial charge in [0.1, 0.15) is 17.3 Å². The van der Waals surface area contributed by atoms with Crippen LogP contribution in [0.25, 0.3) is 0 Å². The second-order valence-corrected chi connectivity index (χ2v) is 9.31. The van der Waals surface area contributed by atoms with Crippen LogP contribution in [-0.2, 0) is 38.4 Å². The minimum Gasteiger partial charge on any atom is -0.481 e. The highest BCUT2D eigenvalue weighted by atomic mass is 16.4. The van der Waals surface area contributed by atoms with E-state index in [0.717, 1.165) is 0 Å². The van der Waals surface area contributed by atoms with Gasteiger partial charge in [-0.15, -0.1) is 0 Å². The lowest BCUT2D eigenvalue weighted by molar-refractivity contribution is -0.139. The first-order valence-corrected chi connectivity index (χ1v) is 12.5. The summed E-state index contributed by atoms with van der Waals surface area (Å²) in [7, 11) is 4.78. The van der Waals surface area contributed by atoms with E-state index in [9.17, 15) is 38.4 Å². The number of Topliss-reactive ketones (excluding diaryl/α,β-unsaturated/α-hetero) is 3. The summed E-state index contributed by atoms with van der Waals surface area (Å²) in [5, 5.41) is 41.9. The molecule has 3 atom stereocenters. The number of amides is 1. The smallest absolute Gasteiger partial charge is 0.317 e. The molecule has 0 aromatic heterocycles. The summed E-state index contributed by atoms with van der Waals surface area (Å²) >= 11 is 0. The Labute approximate surface area is 253 Å². The van der Waals surface area contributed by atoms with E-state index in [1.54, 1.807) is 14.1 Å². The lowest BCUT2D eigenvalue weighted by atomic mass is 10.1. The Morgan fingerprint density at radius 2 is 0.884 bits per heavy atom. The number of nitrogens with zero attached hydrogens (tertiary/aromatic N) is 1. The van der Waals surface area contributed by atoms with Gasteiger partial charge in [0.15, 0.2) is 0 Å². The van der Waals surface area contributed by atoms with Gasteiger partial charge in [-0.25, -0.2) is 0 Å². The fourth-order valence-corrected chi connectivity index (χ4v) is 3.23. The standard InChI is InChI=1S/C12H20N2O6.C7H13NO3.C6H11NO3.2CH4/c1-7(15)3-9(6-12(19)20)14-10(16)4-8(13-2)5-11(17)18;1-5(9)3-6(8-2)4-7(10)11;1-5(8)3-7(2)4-6(9)10;;/h8-9,13H,3-6H2,1-2H3,(H,14,16)(H,17,18)(H,19,20);6,8H,3-4H2,1-2H3,(H,10,11);3-4H2,1-2H3,(H,9,10);2*1H4. The molecule has 3 unspecified atom stereocenters. The summed E-state index contributed by atoms with van der Waals surface area (Å²) in [6.45, 7) is 4.30. The van der Waals surface area contributed by atoms with Crippen LogP contribution in [0.5, 0.6) is 0 Å². The molecule has 252 valence electrons. The minimum absolute atomic E-state index is 0. The number of carbonyl (C=O) groups is 8. The van der Waals surface area contributed by atoms with Crippen LogP contribution in [0.15, 0.2) is 0 Å². The number of rotatable bonds is 19. The predicted octanol–water partition coefficient (Wildman–Crippen LogP) is 0.270. The Morgan fingerprint density at radius 1 is 0.535 bits per heavy atom. The molecule has 0 aromatic carbocycles. The molecule has 0 saturated heterocycles. The fourth-order valence-electron chi connectivity index (χ4n) is 3.23. The number of hydrogen-bond acceptors (Lipinski definition) is 11. The molecular weight excluding hydrogens is 572 g/mol. The Morgan fingerprint density at radius 3 is 1.19 bits per heavy atom. The molecule has 1 amide bonds. The second-order valence-electron chi connectivity index (χ2n) is 9.31. The predicted molar refractivity (Wildman–Crippen MR) is 159 cm³/mol. The summed E-state index contributed by atoms with van der Waals surface area (Å²) in [6, 6.07) is -1.56. The van der Waals surface area contributed by atoms with E-state index in [4.69, 9.17) is 20.4 Å². The molecule has 0 spiro atoms. The molecule has 0 rings (SSSR count). The molecule has 0 aromatic rings. The van der Waals surface area contributed by atoms with Gasteiger partial charge >= 0.3 is 23.9 Å². The molecule has 0 fully saturated rings. The number of likely N-dealkylation sites (N-methyl/N-ethyl adjacent to an activating group) is 1. The zero-order chi connectivity index (χ0) is 32.7. The molecule has 0 heterocycles.